The molecule has 5 nitrogen and oxygen atoms in total. The molecule has 0 saturated carbocycles. The SMILES string of the molecule is COC(=O)CC(=O)C1=CP(c2ccccc2)(c2ccccc2)(c2ccccc2)OC1(C)O. The van der Waals surface area contributed by atoms with Gasteiger partial charge in [0.2, 0.25) is 0 Å². The molecule has 0 fully saturated rings. The number of Topliss-reactive ketones (excluding diaryl/α,β-unsaturated/α-hetero) is 1. The van der Waals surface area contributed by atoms with Gasteiger partial charge in [0.25, 0.3) is 0 Å². The molecule has 0 bridgehead atoms. The number of benzene rings is 3. The van der Waals surface area contributed by atoms with Crippen LogP contribution in [0, 0.1) is 0 Å². The van der Waals surface area contributed by atoms with Crippen LogP contribution in [0.1, 0.15) is 13.3 Å². The van der Waals surface area contributed by atoms with Gasteiger partial charge in [-0.1, -0.05) is 0 Å². The maximum absolute atomic E-state index is 13.2. The van der Waals surface area contributed by atoms with Gasteiger partial charge in [0, 0.05) is 0 Å². The van der Waals surface area contributed by atoms with Gasteiger partial charge in [0.15, 0.2) is 0 Å². The Kier molecular flexibility index (Phi) is 5.59. The van der Waals surface area contributed by atoms with Crippen molar-refractivity contribution in [3.05, 3.63) is 102 Å². The predicted molar refractivity (Wildman–Crippen MR) is 127 cm³/mol. The summed E-state index contributed by atoms with van der Waals surface area (Å²) in [6.45, 7) is -2.48. The molecule has 1 unspecified atom stereocenters. The van der Waals surface area contributed by atoms with Crippen molar-refractivity contribution in [1.82, 2.24) is 0 Å². The van der Waals surface area contributed by atoms with Crippen molar-refractivity contribution in [2.24, 2.45) is 0 Å². The molecule has 1 aliphatic rings. The molecule has 0 saturated heterocycles. The summed E-state index contributed by atoms with van der Waals surface area (Å²) in [5.74, 6) is -1.32. The van der Waals surface area contributed by atoms with Crippen LogP contribution in [0.25, 0.3) is 0 Å². The van der Waals surface area contributed by atoms with Crippen LogP contribution in [0.15, 0.2) is 102 Å². The number of ketones is 1. The molecule has 3 aromatic carbocycles. The van der Waals surface area contributed by atoms with E-state index >= 15 is 0 Å². The van der Waals surface area contributed by atoms with E-state index < -0.39 is 30.8 Å². The van der Waals surface area contributed by atoms with E-state index in [2.05, 4.69) is 4.74 Å². The fourth-order valence-corrected chi connectivity index (χ4v) is 10.2. The van der Waals surface area contributed by atoms with Crippen LogP contribution in [0.2, 0.25) is 0 Å². The zero-order valence-corrected chi connectivity index (χ0v) is 18.9. The maximum atomic E-state index is 13.2. The number of aliphatic hydroxyl groups is 1. The van der Waals surface area contributed by atoms with Crippen LogP contribution in [0.3, 0.4) is 0 Å². The molecule has 1 aliphatic heterocycles. The third kappa shape index (κ3) is 3.30. The Balaban J connectivity index is 2.13. The summed E-state index contributed by atoms with van der Waals surface area (Å²) in [5.41, 5.74) is 0.0529. The van der Waals surface area contributed by atoms with Gasteiger partial charge in [-0.2, -0.15) is 0 Å². The van der Waals surface area contributed by atoms with Crippen molar-refractivity contribution >= 4 is 34.5 Å². The molecule has 0 aliphatic carbocycles. The third-order valence-corrected chi connectivity index (χ3v) is 11.3. The van der Waals surface area contributed by atoms with Gasteiger partial charge in [-0.15, -0.1) is 0 Å². The fraction of sp³-hybridized carbons (Fsp3) is 0.154. The van der Waals surface area contributed by atoms with Gasteiger partial charge in [0.05, 0.1) is 0 Å². The quantitative estimate of drug-likeness (QED) is 0.356. The number of rotatable bonds is 6. The Labute approximate surface area is 187 Å². The Bertz CT molecular complexity index is 1070. The van der Waals surface area contributed by atoms with Crippen molar-refractivity contribution in [1.29, 1.82) is 0 Å². The summed E-state index contributed by atoms with van der Waals surface area (Å²) in [6.07, 6.45) is -0.479. The first-order chi connectivity index (χ1) is 15.3. The van der Waals surface area contributed by atoms with E-state index in [1.807, 2.05) is 91.0 Å². The predicted octanol–water partition coefficient (Wildman–Crippen LogP) is 3.19. The first-order valence-corrected chi connectivity index (χ1v) is 12.5. The van der Waals surface area contributed by atoms with E-state index in [1.54, 1.807) is 5.82 Å². The average Bonchev–Trinajstić information content (AvgIpc) is 3.11. The van der Waals surface area contributed by atoms with Gasteiger partial charge in [-0.05, 0) is 0 Å². The van der Waals surface area contributed by atoms with Crippen LogP contribution >= 0.6 is 6.83 Å². The van der Waals surface area contributed by atoms with Gasteiger partial charge in [-0.3, -0.25) is 0 Å². The Morgan fingerprint density at radius 2 is 1.25 bits per heavy atom. The molecule has 1 heterocycles. The number of methoxy groups -OCH3 is 1. The molecule has 3 aromatic rings. The average molecular weight is 448 g/mol. The van der Waals surface area contributed by atoms with E-state index in [0.29, 0.717) is 0 Å². The molecule has 6 heteroatoms. The summed E-state index contributed by atoms with van der Waals surface area (Å²) in [6, 6.07) is 28.9. The van der Waals surface area contributed by atoms with Gasteiger partial charge in [0.1, 0.15) is 0 Å². The van der Waals surface area contributed by atoms with Crippen LogP contribution in [0.5, 0.6) is 0 Å². The number of carbonyl (C=O) groups excluding carboxylic acids is 2. The van der Waals surface area contributed by atoms with Crippen molar-refractivity contribution in [2.75, 3.05) is 7.11 Å². The van der Waals surface area contributed by atoms with Crippen molar-refractivity contribution in [3.8, 4) is 0 Å². The summed E-state index contributed by atoms with van der Waals surface area (Å²) in [4.78, 5) is 25.0. The summed E-state index contributed by atoms with van der Waals surface area (Å²) >= 11 is 0. The zero-order chi connectivity index (χ0) is 22.8. The standard InChI is InChI=1S/C26H25O5P/c1-26(29)23(24(27)18-25(28)30-2)19-32(31-26,20-12-6-3-7-13-20,21-14-8-4-9-15-21)22-16-10-5-11-17-22/h3-17,19,29H,18H2,1-2H3. The summed E-state index contributed by atoms with van der Waals surface area (Å²) < 4.78 is 11.4. The Morgan fingerprint density at radius 3 is 1.62 bits per heavy atom. The van der Waals surface area contributed by atoms with Gasteiger partial charge >= 0.3 is 187 Å². The van der Waals surface area contributed by atoms with Crippen molar-refractivity contribution in [2.45, 2.75) is 19.1 Å². The number of hydrogen-bond acceptors (Lipinski definition) is 5. The van der Waals surface area contributed by atoms with Crippen molar-refractivity contribution in [3.63, 3.8) is 0 Å². The van der Waals surface area contributed by atoms with Crippen LogP contribution in [-0.2, 0) is 18.8 Å². The fourth-order valence-electron chi connectivity index (χ4n) is 4.44. The van der Waals surface area contributed by atoms with E-state index in [1.165, 1.54) is 14.0 Å². The Morgan fingerprint density at radius 1 is 0.844 bits per heavy atom. The Hall–Kier alpha value is -3.11. The van der Waals surface area contributed by atoms with E-state index in [4.69, 9.17) is 4.52 Å². The summed E-state index contributed by atoms with van der Waals surface area (Å²) in [5, 5.41) is 14.0. The number of ether oxygens (including phenoxy) is 1. The number of hydrogen-bond donors (Lipinski definition) is 1. The minimum atomic E-state index is -3.94. The second-order valence-corrected chi connectivity index (χ2v) is 12.1. The first kappa shape index (κ1) is 22.1. The molecular formula is C26H25O5P. The third-order valence-electron chi connectivity index (χ3n) is 5.88. The summed E-state index contributed by atoms with van der Waals surface area (Å²) in [7, 11) is 1.23. The first-order valence-electron chi connectivity index (χ1n) is 10.3. The topological polar surface area (TPSA) is 72.8 Å². The van der Waals surface area contributed by atoms with Gasteiger partial charge in [-0.25, -0.2) is 0 Å². The van der Waals surface area contributed by atoms with Crippen LogP contribution in [-0.4, -0.2) is 29.8 Å². The zero-order valence-electron chi connectivity index (χ0n) is 18.0. The molecule has 0 spiro atoms. The molecule has 4 rings (SSSR count). The van der Waals surface area contributed by atoms with Crippen LogP contribution < -0.4 is 15.9 Å². The number of carbonyl (C=O) groups is 2. The van der Waals surface area contributed by atoms with E-state index in [9.17, 15) is 14.7 Å². The van der Waals surface area contributed by atoms with Crippen molar-refractivity contribution < 1.29 is 24.0 Å². The van der Waals surface area contributed by atoms with Crippen LogP contribution in [0.4, 0.5) is 0 Å². The minimum absolute atomic E-state index is 0.0529. The monoisotopic (exact) mass is 448 g/mol. The second kappa shape index (κ2) is 8.10. The van der Waals surface area contributed by atoms with Gasteiger partial charge < -0.3 is 0 Å². The van der Waals surface area contributed by atoms with E-state index in [0.717, 1.165) is 15.9 Å². The molecule has 164 valence electrons. The molecular weight excluding hydrogens is 423 g/mol. The second-order valence-electron chi connectivity index (χ2n) is 7.90. The van der Waals surface area contributed by atoms with E-state index in [-0.39, 0.29) is 5.57 Å². The number of esters is 1. The normalized spacial score (nSPS) is 22.2. The molecule has 1 atom stereocenters. The molecule has 0 aromatic heterocycles. The molecule has 1 N–H and O–H groups in total. The molecule has 0 radical (unpaired) electrons. The molecule has 32 heavy (non-hydrogen) atoms. The molecule has 0 amide bonds.